The summed E-state index contributed by atoms with van der Waals surface area (Å²) < 4.78 is 0. The highest BCUT2D eigenvalue weighted by Gasteiger charge is 2.29. The van der Waals surface area contributed by atoms with Gasteiger partial charge in [-0.25, -0.2) is 9.97 Å². The molecule has 1 atom stereocenters. The molecule has 4 rings (SSSR count). The molecule has 0 bridgehead atoms. The number of thioether (sulfide) groups is 1. The number of hydrogen-bond acceptors (Lipinski definition) is 4. The van der Waals surface area contributed by atoms with Crippen LogP contribution in [0.15, 0.2) is 47.8 Å². The van der Waals surface area contributed by atoms with E-state index in [4.69, 9.17) is 11.6 Å². The zero-order valence-electron chi connectivity index (χ0n) is 12.7. The van der Waals surface area contributed by atoms with Crippen LogP contribution >= 0.6 is 23.4 Å². The third-order valence-electron chi connectivity index (χ3n) is 3.78. The molecule has 0 aliphatic heterocycles. The lowest BCUT2D eigenvalue weighted by Crippen LogP contribution is -2.29. The van der Waals surface area contributed by atoms with Crippen molar-refractivity contribution in [3.05, 3.63) is 53.2 Å². The smallest absolute Gasteiger partial charge is 0.238 e. The van der Waals surface area contributed by atoms with Gasteiger partial charge in [-0.3, -0.25) is 4.79 Å². The molecule has 24 heavy (non-hydrogen) atoms. The van der Waals surface area contributed by atoms with Gasteiger partial charge in [0.05, 0.1) is 10.5 Å². The molecule has 2 aromatic heterocycles. The predicted octanol–water partition coefficient (Wildman–Crippen LogP) is 3.72. The van der Waals surface area contributed by atoms with E-state index >= 15 is 0 Å². The maximum absolute atomic E-state index is 12.7. The summed E-state index contributed by atoms with van der Waals surface area (Å²) in [5.41, 5.74) is 2.31. The summed E-state index contributed by atoms with van der Waals surface area (Å²) in [6.45, 7) is 0. The Morgan fingerprint density at radius 1 is 1.33 bits per heavy atom. The van der Waals surface area contributed by atoms with Crippen molar-refractivity contribution in [1.82, 2.24) is 20.3 Å². The number of halogens is 1. The molecule has 0 unspecified atom stereocenters. The number of amides is 1. The Morgan fingerprint density at radius 2 is 2.12 bits per heavy atom. The first-order valence-corrected chi connectivity index (χ1v) is 8.98. The number of fused-ring (bicyclic) bond motifs is 1. The van der Waals surface area contributed by atoms with Gasteiger partial charge in [0.2, 0.25) is 5.91 Å². The van der Waals surface area contributed by atoms with Crippen LogP contribution in [0.25, 0.3) is 11.2 Å². The van der Waals surface area contributed by atoms with Gasteiger partial charge in [-0.15, -0.1) is 0 Å². The van der Waals surface area contributed by atoms with Crippen molar-refractivity contribution in [1.29, 1.82) is 0 Å². The number of H-pyrrole nitrogens is 1. The van der Waals surface area contributed by atoms with Crippen molar-refractivity contribution in [2.45, 2.75) is 29.3 Å². The summed E-state index contributed by atoms with van der Waals surface area (Å²) in [7, 11) is 0. The van der Waals surface area contributed by atoms with Crippen molar-refractivity contribution in [2.75, 3.05) is 0 Å². The number of aromatic nitrogens is 3. The van der Waals surface area contributed by atoms with Crippen LogP contribution in [0.4, 0.5) is 0 Å². The van der Waals surface area contributed by atoms with E-state index in [0.29, 0.717) is 21.9 Å². The number of hydrogen-bond donors (Lipinski definition) is 2. The second-order valence-corrected chi connectivity index (χ2v) is 7.29. The number of aromatic amines is 1. The molecule has 7 heteroatoms. The number of carbonyl (C=O) groups is 1. The molecule has 122 valence electrons. The van der Waals surface area contributed by atoms with E-state index in [0.717, 1.165) is 23.9 Å². The molecular weight excluding hydrogens is 344 g/mol. The monoisotopic (exact) mass is 358 g/mol. The molecule has 1 aliphatic rings. The Bertz CT molecular complexity index is 879. The fraction of sp³-hybridized carbons (Fsp3) is 0.235. The normalized spacial score (nSPS) is 15.4. The van der Waals surface area contributed by atoms with Crippen LogP contribution in [0.3, 0.4) is 0 Å². The lowest BCUT2D eigenvalue weighted by molar-refractivity contribution is -0.120. The quantitative estimate of drug-likeness (QED) is 0.682. The predicted molar refractivity (Wildman–Crippen MR) is 95.1 cm³/mol. The van der Waals surface area contributed by atoms with Gasteiger partial charge in [0, 0.05) is 12.2 Å². The molecule has 1 aromatic carbocycles. The molecule has 0 radical (unpaired) electrons. The van der Waals surface area contributed by atoms with Crippen LogP contribution in [0, 0.1) is 0 Å². The summed E-state index contributed by atoms with van der Waals surface area (Å²) in [6.07, 6.45) is 3.68. The highest BCUT2D eigenvalue weighted by molar-refractivity contribution is 8.00. The number of nitrogens with zero attached hydrogens (tertiary/aromatic N) is 2. The highest BCUT2D eigenvalue weighted by atomic mass is 35.5. The van der Waals surface area contributed by atoms with Crippen LogP contribution in [-0.2, 0) is 4.79 Å². The summed E-state index contributed by atoms with van der Waals surface area (Å²) in [4.78, 5) is 24.5. The third kappa shape index (κ3) is 3.39. The van der Waals surface area contributed by atoms with Crippen LogP contribution in [-0.4, -0.2) is 26.9 Å². The Labute approximate surface area is 148 Å². The van der Waals surface area contributed by atoms with Crippen molar-refractivity contribution in [2.24, 2.45) is 0 Å². The van der Waals surface area contributed by atoms with E-state index in [1.165, 1.54) is 11.8 Å². The minimum Gasteiger partial charge on any atom is -0.352 e. The highest BCUT2D eigenvalue weighted by Crippen LogP contribution is 2.35. The summed E-state index contributed by atoms with van der Waals surface area (Å²) in [6, 6.07) is 11.8. The van der Waals surface area contributed by atoms with E-state index in [-0.39, 0.29) is 11.2 Å². The third-order valence-corrected chi connectivity index (χ3v) is 5.12. The molecule has 1 aliphatic carbocycles. The Hall–Kier alpha value is -2.05. The average Bonchev–Trinajstić information content (AvgIpc) is 3.30. The molecule has 2 heterocycles. The first-order valence-electron chi connectivity index (χ1n) is 7.72. The van der Waals surface area contributed by atoms with Crippen LogP contribution in [0.2, 0.25) is 5.02 Å². The molecule has 0 spiro atoms. The average molecular weight is 359 g/mol. The molecule has 0 saturated heterocycles. The summed E-state index contributed by atoms with van der Waals surface area (Å²) in [5.74, 6) is 0.0140. The molecule has 1 saturated carbocycles. The number of carbonyl (C=O) groups excluding carboxylic acids is 1. The fourth-order valence-corrected chi connectivity index (χ4v) is 3.58. The SMILES string of the molecule is O=C(NC1CC1)[C@@H](Sc1nc2ncc(Cl)cc2[nH]1)c1ccccc1. The minimum absolute atomic E-state index is 0.0140. The van der Waals surface area contributed by atoms with Crippen molar-refractivity contribution in [3.8, 4) is 0 Å². The lowest BCUT2D eigenvalue weighted by Gasteiger charge is -2.15. The summed E-state index contributed by atoms with van der Waals surface area (Å²) in [5, 5.41) is 3.92. The van der Waals surface area contributed by atoms with Crippen LogP contribution < -0.4 is 5.32 Å². The second-order valence-electron chi connectivity index (χ2n) is 5.76. The Balaban J connectivity index is 1.63. The molecule has 3 aromatic rings. The number of rotatable bonds is 5. The zero-order chi connectivity index (χ0) is 16.5. The van der Waals surface area contributed by atoms with E-state index in [1.54, 1.807) is 12.3 Å². The van der Waals surface area contributed by atoms with Crippen molar-refractivity contribution in [3.63, 3.8) is 0 Å². The molecule has 5 nitrogen and oxygen atoms in total. The minimum atomic E-state index is -0.358. The largest absolute Gasteiger partial charge is 0.352 e. The van der Waals surface area contributed by atoms with Gasteiger partial charge in [0.1, 0.15) is 5.25 Å². The lowest BCUT2D eigenvalue weighted by atomic mass is 10.1. The van der Waals surface area contributed by atoms with Gasteiger partial charge in [-0.1, -0.05) is 53.7 Å². The first kappa shape index (κ1) is 15.5. The molecule has 2 N–H and O–H groups in total. The number of nitrogens with one attached hydrogen (secondary N) is 2. The van der Waals surface area contributed by atoms with E-state index in [2.05, 4.69) is 20.3 Å². The molecular formula is C17H15ClN4OS. The van der Waals surface area contributed by atoms with Crippen molar-refractivity contribution >= 4 is 40.4 Å². The van der Waals surface area contributed by atoms with E-state index < -0.39 is 0 Å². The van der Waals surface area contributed by atoms with Gasteiger partial charge < -0.3 is 10.3 Å². The second kappa shape index (κ2) is 6.45. The zero-order valence-corrected chi connectivity index (χ0v) is 14.3. The van der Waals surface area contributed by atoms with E-state index in [9.17, 15) is 4.79 Å². The van der Waals surface area contributed by atoms with E-state index in [1.807, 2.05) is 30.3 Å². The summed E-state index contributed by atoms with van der Waals surface area (Å²) >= 11 is 7.35. The maximum atomic E-state index is 12.7. The van der Waals surface area contributed by atoms with Gasteiger partial charge in [-0.2, -0.15) is 0 Å². The topological polar surface area (TPSA) is 70.7 Å². The van der Waals surface area contributed by atoms with Gasteiger partial charge in [0.25, 0.3) is 0 Å². The van der Waals surface area contributed by atoms with Gasteiger partial charge >= 0.3 is 0 Å². The Morgan fingerprint density at radius 3 is 2.88 bits per heavy atom. The molecule has 1 fully saturated rings. The molecule has 1 amide bonds. The van der Waals surface area contributed by atoms with Crippen LogP contribution in [0.5, 0.6) is 0 Å². The van der Waals surface area contributed by atoms with Gasteiger partial charge in [-0.05, 0) is 24.5 Å². The van der Waals surface area contributed by atoms with Crippen molar-refractivity contribution < 1.29 is 4.79 Å². The number of pyridine rings is 1. The number of imidazole rings is 1. The fourth-order valence-electron chi connectivity index (χ4n) is 2.43. The maximum Gasteiger partial charge on any atom is 0.238 e. The van der Waals surface area contributed by atoms with Crippen LogP contribution in [0.1, 0.15) is 23.7 Å². The van der Waals surface area contributed by atoms with Gasteiger partial charge in [0.15, 0.2) is 10.8 Å². The number of benzene rings is 1. The first-order chi connectivity index (χ1) is 11.7. The Kier molecular flexibility index (Phi) is 4.16. The standard InChI is InChI=1S/C17H15ClN4OS/c18-11-8-13-15(19-9-11)22-17(21-13)24-14(10-4-2-1-3-5-10)16(23)20-12-6-7-12/h1-5,8-9,12,14H,6-7H2,(H,20,23)(H,19,21,22)/t14-/m0/s1.